The molecule has 58 valence electrons. The van der Waals surface area contributed by atoms with Crippen LogP contribution in [0.1, 0.15) is 13.3 Å². The van der Waals surface area contributed by atoms with Gasteiger partial charge in [-0.15, -0.1) is 0 Å². The van der Waals surface area contributed by atoms with E-state index < -0.39 is 30.1 Å². The third-order valence-electron chi connectivity index (χ3n) is 2.08. The van der Waals surface area contributed by atoms with Crippen LogP contribution >= 0.6 is 0 Å². The second-order valence-corrected chi connectivity index (χ2v) is 2.70. The third-order valence-corrected chi connectivity index (χ3v) is 2.08. The monoisotopic (exact) mass is 150 g/mol. The zero-order valence-corrected chi connectivity index (χ0v) is 5.47. The number of alkyl halides is 2. The van der Waals surface area contributed by atoms with Crippen LogP contribution in [0.4, 0.5) is 8.78 Å². The second kappa shape index (κ2) is 1.90. The van der Waals surface area contributed by atoms with Gasteiger partial charge in [0.1, 0.15) is 0 Å². The normalized spacial score (nSPS) is 36.7. The van der Waals surface area contributed by atoms with Gasteiger partial charge in [0.05, 0.1) is 5.92 Å². The minimum Gasteiger partial charge on any atom is -0.481 e. The van der Waals surface area contributed by atoms with Crippen molar-refractivity contribution in [2.75, 3.05) is 0 Å². The standard InChI is InChI=1S/C6H8F2O2/c1-3-4(5(9)10)2-6(3,7)8/h3-4H,2H2,1H3,(H,9,10). The molecule has 10 heavy (non-hydrogen) atoms. The largest absolute Gasteiger partial charge is 0.481 e. The molecule has 1 rings (SSSR count). The molecule has 0 spiro atoms. The lowest BCUT2D eigenvalue weighted by atomic mass is 9.71. The van der Waals surface area contributed by atoms with Gasteiger partial charge in [0.15, 0.2) is 0 Å². The highest BCUT2D eigenvalue weighted by atomic mass is 19.3. The van der Waals surface area contributed by atoms with Crippen LogP contribution in [0.25, 0.3) is 0 Å². The quantitative estimate of drug-likeness (QED) is 0.612. The van der Waals surface area contributed by atoms with E-state index in [2.05, 4.69) is 0 Å². The maximum absolute atomic E-state index is 12.3. The fourth-order valence-corrected chi connectivity index (χ4v) is 1.09. The van der Waals surface area contributed by atoms with Crippen molar-refractivity contribution in [3.63, 3.8) is 0 Å². The van der Waals surface area contributed by atoms with Crippen LogP contribution in [0.3, 0.4) is 0 Å². The van der Waals surface area contributed by atoms with Gasteiger partial charge in [0, 0.05) is 12.3 Å². The summed E-state index contributed by atoms with van der Waals surface area (Å²) in [5.74, 6) is -5.69. The molecule has 1 aliphatic rings. The zero-order chi connectivity index (χ0) is 7.94. The van der Waals surface area contributed by atoms with Gasteiger partial charge in [-0.1, -0.05) is 6.92 Å². The number of carboxylic acid groups (broad SMARTS) is 1. The van der Waals surface area contributed by atoms with Crippen molar-refractivity contribution < 1.29 is 18.7 Å². The molecule has 2 unspecified atom stereocenters. The number of carbonyl (C=O) groups is 1. The Morgan fingerprint density at radius 1 is 1.70 bits per heavy atom. The Kier molecular flexibility index (Phi) is 1.42. The van der Waals surface area contributed by atoms with Crippen LogP contribution in [0.2, 0.25) is 0 Å². The summed E-state index contributed by atoms with van der Waals surface area (Å²) in [6.45, 7) is 1.27. The van der Waals surface area contributed by atoms with Crippen molar-refractivity contribution in [3.8, 4) is 0 Å². The first-order valence-electron chi connectivity index (χ1n) is 3.06. The van der Waals surface area contributed by atoms with Gasteiger partial charge in [0.25, 0.3) is 5.92 Å². The molecular weight excluding hydrogens is 142 g/mol. The Labute approximate surface area is 56.8 Å². The van der Waals surface area contributed by atoms with E-state index in [0.717, 1.165) is 0 Å². The predicted octanol–water partition coefficient (Wildman–Crippen LogP) is 1.36. The summed E-state index contributed by atoms with van der Waals surface area (Å²) in [4.78, 5) is 10.1. The summed E-state index contributed by atoms with van der Waals surface area (Å²) in [6.07, 6.45) is -0.497. The molecule has 0 aromatic rings. The zero-order valence-electron chi connectivity index (χ0n) is 5.47. The van der Waals surface area contributed by atoms with Gasteiger partial charge in [-0.05, 0) is 0 Å². The van der Waals surface area contributed by atoms with E-state index in [1.54, 1.807) is 0 Å². The van der Waals surface area contributed by atoms with Crippen molar-refractivity contribution in [2.45, 2.75) is 19.3 Å². The smallest absolute Gasteiger partial charge is 0.307 e. The van der Waals surface area contributed by atoms with Gasteiger partial charge in [-0.3, -0.25) is 4.79 Å². The van der Waals surface area contributed by atoms with E-state index in [4.69, 9.17) is 5.11 Å². The molecule has 0 aromatic heterocycles. The SMILES string of the molecule is CC1C(C(=O)O)CC1(F)F. The minimum atomic E-state index is -2.75. The van der Waals surface area contributed by atoms with Crippen LogP contribution < -0.4 is 0 Å². The first-order valence-corrected chi connectivity index (χ1v) is 3.06. The predicted molar refractivity (Wildman–Crippen MR) is 29.9 cm³/mol. The minimum absolute atomic E-state index is 0.497. The van der Waals surface area contributed by atoms with Crippen LogP contribution in [0.15, 0.2) is 0 Å². The fraction of sp³-hybridized carbons (Fsp3) is 0.833. The molecule has 0 aliphatic heterocycles. The Morgan fingerprint density at radius 2 is 2.20 bits per heavy atom. The lowest BCUT2D eigenvalue weighted by molar-refractivity contribution is -0.190. The van der Waals surface area contributed by atoms with Crippen LogP contribution in [-0.2, 0) is 4.79 Å². The third kappa shape index (κ3) is 0.874. The fourth-order valence-electron chi connectivity index (χ4n) is 1.09. The summed E-state index contributed by atoms with van der Waals surface area (Å²) in [5.41, 5.74) is 0. The van der Waals surface area contributed by atoms with E-state index >= 15 is 0 Å². The Morgan fingerprint density at radius 3 is 2.30 bits per heavy atom. The summed E-state index contributed by atoms with van der Waals surface area (Å²) in [5, 5.41) is 8.30. The Bertz CT molecular complexity index is 167. The Balaban J connectivity index is 2.55. The highest BCUT2D eigenvalue weighted by Crippen LogP contribution is 2.47. The number of halogens is 2. The maximum atomic E-state index is 12.3. The van der Waals surface area contributed by atoms with Gasteiger partial charge in [0.2, 0.25) is 0 Å². The van der Waals surface area contributed by atoms with Gasteiger partial charge in [-0.2, -0.15) is 0 Å². The lowest BCUT2D eigenvalue weighted by Gasteiger charge is -2.39. The topological polar surface area (TPSA) is 37.3 Å². The first-order chi connectivity index (χ1) is 4.45. The number of aliphatic carboxylic acids is 1. The van der Waals surface area contributed by atoms with Crippen LogP contribution in [0, 0.1) is 11.8 Å². The molecule has 0 saturated heterocycles. The summed E-state index contributed by atoms with van der Waals surface area (Å²) < 4.78 is 24.6. The number of carboxylic acids is 1. The van der Waals surface area contributed by atoms with E-state index in [-0.39, 0.29) is 0 Å². The summed E-state index contributed by atoms with van der Waals surface area (Å²) in [7, 11) is 0. The second-order valence-electron chi connectivity index (χ2n) is 2.70. The molecule has 4 heteroatoms. The van der Waals surface area contributed by atoms with Crippen LogP contribution in [0.5, 0.6) is 0 Å². The molecule has 0 radical (unpaired) electrons. The highest BCUT2D eigenvalue weighted by molar-refractivity contribution is 5.72. The van der Waals surface area contributed by atoms with E-state index in [9.17, 15) is 13.6 Å². The first kappa shape index (κ1) is 7.44. The number of rotatable bonds is 1. The van der Waals surface area contributed by atoms with Crippen molar-refractivity contribution in [2.24, 2.45) is 11.8 Å². The average Bonchev–Trinajstić information content (AvgIpc) is 1.82. The van der Waals surface area contributed by atoms with Crippen molar-refractivity contribution in [1.82, 2.24) is 0 Å². The van der Waals surface area contributed by atoms with E-state index in [0.29, 0.717) is 0 Å². The highest BCUT2D eigenvalue weighted by Gasteiger charge is 2.56. The van der Waals surface area contributed by atoms with Crippen LogP contribution in [-0.4, -0.2) is 17.0 Å². The van der Waals surface area contributed by atoms with Crippen molar-refractivity contribution in [1.29, 1.82) is 0 Å². The number of hydrogen-bond acceptors (Lipinski definition) is 1. The molecule has 2 atom stereocenters. The van der Waals surface area contributed by atoms with Gasteiger partial charge < -0.3 is 5.11 Å². The molecule has 0 aromatic carbocycles. The van der Waals surface area contributed by atoms with Gasteiger partial charge in [-0.25, -0.2) is 8.78 Å². The summed E-state index contributed by atoms with van der Waals surface area (Å²) in [6, 6.07) is 0. The van der Waals surface area contributed by atoms with E-state index in [1.165, 1.54) is 6.92 Å². The molecule has 0 bridgehead atoms. The summed E-state index contributed by atoms with van der Waals surface area (Å²) >= 11 is 0. The molecule has 0 heterocycles. The molecule has 2 nitrogen and oxygen atoms in total. The average molecular weight is 150 g/mol. The molecular formula is C6H8F2O2. The van der Waals surface area contributed by atoms with Gasteiger partial charge >= 0.3 is 5.97 Å². The molecule has 0 amide bonds. The molecule has 1 fully saturated rings. The Hall–Kier alpha value is -0.670. The number of hydrogen-bond donors (Lipinski definition) is 1. The van der Waals surface area contributed by atoms with E-state index in [1.807, 2.05) is 0 Å². The molecule has 1 aliphatic carbocycles. The van der Waals surface area contributed by atoms with Crippen molar-refractivity contribution >= 4 is 5.97 Å². The van der Waals surface area contributed by atoms with Crippen molar-refractivity contribution in [3.05, 3.63) is 0 Å². The molecule has 1 saturated carbocycles. The molecule has 1 N–H and O–H groups in total. The maximum Gasteiger partial charge on any atom is 0.307 e. The lowest BCUT2D eigenvalue weighted by Crippen LogP contribution is -2.49.